The molecule has 1 saturated heterocycles. The minimum Gasteiger partial charge on any atom is -0.475 e. The lowest BCUT2D eigenvalue weighted by Crippen LogP contribution is -2.52. The summed E-state index contributed by atoms with van der Waals surface area (Å²) in [5, 5.41) is 21.3. The van der Waals surface area contributed by atoms with Crippen LogP contribution in [0.5, 0.6) is 0 Å². The van der Waals surface area contributed by atoms with Crippen LogP contribution in [0.3, 0.4) is 0 Å². The molecule has 194 valence electrons. The van der Waals surface area contributed by atoms with E-state index in [0.717, 1.165) is 23.5 Å². The quantitative estimate of drug-likeness (QED) is 0.513. The van der Waals surface area contributed by atoms with E-state index in [2.05, 4.69) is 20.9 Å². The zero-order chi connectivity index (χ0) is 26.8. The smallest absolute Gasteiger partial charge is 0.475 e. The van der Waals surface area contributed by atoms with E-state index < -0.39 is 24.1 Å². The second kappa shape index (κ2) is 10.0. The maximum absolute atomic E-state index is 12.8. The summed E-state index contributed by atoms with van der Waals surface area (Å²) in [5.41, 5.74) is 2.73. The van der Waals surface area contributed by atoms with E-state index in [-0.39, 0.29) is 23.8 Å². The first-order valence-electron chi connectivity index (χ1n) is 11.0. The first-order valence-corrected chi connectivity index (χ1v) is 11.0. The lowest BCUT2D eigenvalue weighted by Gasteiger charge is -2.29. The Labute approximate surface area is 203 Å². The Bertz CT molecular complexity index is 1190. The van der Waals surface area contributed by atoms with E-state index in [1.807, 2.05) is 39.1 Å². The van der Waals surface area contributed by atoms with Crippen LogP contribution in [0.2, 0.25) is 0 Å². The lowest BCUT2D eigenvalue weighted by atomic mass is 10.0. The normalized spacial score (nSPS) is 17.9. The number of aliphatic carboxylic acids is 1. The van der Waals surface area contributed by atoms with Gasteiger partial charge < -0.3 is 15.3 Å². The van der Waals surface area contributed by atoms with Gasteiger partial charge >= 0.3 is 12.1 Å². The van der Waals surface area contributed by atoms with E-state index in [1.165, 1.54) is 4.90 Å². The van der Waals surface area contributed by atoms with E-state index >= 15 is 0 Å². The number of aromatic nitrogens is 3. The Balaban J connectivity index is 0.000000454. The number of carboxylic acid groups (broad SMARTS) is 1. The van der Waals surface area contributed by atoms with Crippen LogP contribution in [0.25, 0.3) is 5.69 Å². The fourth-order valence-corrected chi connectivity index (χ4v) is 3.91. The largest absolute Gasteiger partial charge is 0.490 e. The summed E-state index contributed by atoms with van der Waals surface area (Å²) in [6.45, 7) is 7.28. The molecule has 2 aliphatic rings. The van der Waals surface area contributed by atoms with Crippen molar-refractivity contribution in [3.8, 4) is 5.69 Å². The van der Waals surface area contributed by atoms with Gasteiger partial charge in [-0.25, -0.2) is 9.48 Å². The van der Waals surface area contributed by atoms with E-state index in [4.69, 9.17) is 9.90 Å². The van der Waals surface area contributed by atoms with Crippen LogP contribution in [0.4, 0.5) is 13.2 Å². The van der Waals surface area contributed by atoms with Crippen molar-refractivity contribution in [2.75, 3.05) is 6.54 Å². The van der Waals surface area contributed by atoms with Gasteiger partial charge in [-0.15, -0.1) is 5.10 Å². The number of halogens is 3. The van der Waals surface area contributed by atoms with Gasteiger partial charge in [0.1, 0.15) is 11.7 Å². The number of nitrogens with one attached hydrogen (secondary N) is 2. The Morgan fingerprint density at radius 2 is 1.92 bits per heavy atom. The van der Waals surface area contributed by atoms with Gasteiger partial charge in [-0.1, -0.05) is 12.1 Å². The van der Waals surface area contributed by atoms with Gasteiger partial charge in [-0.05, 0) is 50.6 Å². The predicted molar refractivity (Wildman–Crippen MR) is 118 cm³/mol. The molecule has 1 unspecified atom stereocenters. The number of alkyl halides is 3. The van der Waals surface area contributed by atoms with E-state index in [0.29, 0.717) is 18.5 Å². The number of hydrogen-bond donors (Lipinski definition) is 3. The number of carbonyl (C=O) groups is 4. The van der Waals surface area contributed by atoms with Gasteiger partial charge in [0.2, 0.25) is 11.8 Å². The molecule has 0 bridgehead atoms. The molecular formula is C22H25F3N6O5. The summed E-state index contributed by atoms with van der Waals surface area (Å²) in [7, 11) is 0. The van der Waals surface area contributed by atoms with E-state index in [9.17, 15) is 27.6 Å². The second-order valence-corrected chi connectivity index (χ2v) is 8.75. The number of rotatable bonds is 5. The molecule has 0 radical (unpaired) electrons. The maximum Gasteiger partial charge on any atom is 0.490 e. The number of piperidine rings is 1. The molecule has 1 aromatic carbocycles. The van der Waals surface area contributed by atoms with Crippen LogP contribution in [0.15, 0.2) is 24.4 Å². The average molecular weight is 510 g/mol. The van der Waals surface area contributed by atoms with Gasteiger partial charge in [0.15, 0.2) is 0 Å². The first kappa shape index (κ1) is 26.8. The van der Waals surface area contributed by atoms with Gasteiger partial charge in [0, 0.05) is 18.5 Å². The van der Waals surface area contributed by atoms with Crippen molar-refractivity contribution in [3.05, 3.63) is 41.2 Å². The Hall–Kier alpha value is -3.81. The summed E-state index contributed by atoms with van der Waals surface area (Å²) in [4.78, 5) is 46.8. The third-order valence-electron chi connectivity index (χ3n) is 5.77. The molecule has 14 heteroatoms. The maximum atomic E-state index is 12.8. The highest BCUT2D eigenvalue weighted by molar-refractivity contribution is 6.05. The lowest BCUT2D eigenvalue weighted by molar-refractivity contribution is -0.192. The number of hydrogen-bond acceptors (Lipinski definition) is 7. The van der Waals surface area contributed by atoms with Crippen LogP contribution >= 0.6 is 0 Å². The molecule has 1 aromatic heterocycles. The molecule has 0 spiro atoms. The second-order valence-electron chi connectivity index (χ2n) is 8.75. The molecule has 36 heavy (non-hydrogen) atoms. The van der Waals surface area contributed by atoms with Crippen molar-refractivity contribution in [2.45, 2.75) is 57.9 Å². The summed E-state index contributed by atoms with van der Waals surface area (Å²) in [6, 6.07) is 4.87. The molecule has 2 aliphatic heterocycles. The van der Waals surface area contributed by atoms with Crippen molar-refractivity contribution in [2.24, 2.45) is 0 Å². The SMILES string of the molecule is CCNC(C)(C)c1cn(-c2ccc3c(c2)CN(C2CCC(=O)NC2=O)C3=O)nn1.O=C(O)C(F)(F)F. The van der Waals surface area contributed by atoms with Gasteiger partial charge in [0.25, 0.3) is 5.91 Å². The van der Waals surface area contributed by atoms with Crippen LogP contribution in [0, 0.1) is 0 Å². The number of imide groups is 1. The first-order chi connectivity index (χ1) is 16.7. The Morgan fingerprint density at radius 3 is 2.50 bits per heavy atom. The average Bonchev–Trinajstić information content (AvgIpc) is 3.39. The standard InChI is InChI=1S/C20H24N6O3.C2HF3O2/c1-4-21-20(2,3)16-11-26(24-23-16)13-5-6-14-12(9-13)10-25(19(14)29)15-7-8-17(27)22-18(15)28;3-2(4,5)1(6)7/h5-6,9,11,15,21H,4,7-8,10H2,1-3H3,(H,22,27,28);(H,6,7). The van der Waals surface area contributed by atoms with Gasteiger partial charge in [-0.3, -0.25) is 19.7 Å². The minimum absolute atomic E-state index is 0.186. The van der Waals surface area contributed by atoms with Crippen LogP contribution in [0.1, 0.15) is 55.2 Å². The topological polar surface area (TPSA) is 147 Å². The predicted octanol–water partition coefficient (Wildman–Crippen LogP) is 1.51. The molecular weight excluding hydrogens is 485 g/mol. The summed E-state index contributed by atoms with van der Waals surface area (Å²) >= 11 is 0. The molecule has 11 nitrogen and oxygen atoms in total. The van der Waals surface area contributed by atoms with Crippen LogP contribution in [-0.2, 0) is 26.5 Å². The third-order valence-corrected chi connectivity index (χ3v) is 5.77. The number of carbonyl (C=O) groups excluding carboxylic acids is 3. The zero-order valence-corrected chi connectivity index (χ0v) is 19.7. The summed E-state index contributed by atoms with van der Waals surface area (Å²) in [5.74, 6) is -3.64. The number of benzene rings is 1. The monoisotopic (exact) mass is 510 g/mol. The van der Waals surface area contributed by atoms with Crippen molar-refractivity contribution >= 4 is 23.7 Å². The molecule has 0 aliphatic carbocycles. The highest BCUT2D eigenvalue weighted by Crippen LogP contribution is 2.29. The Morgan fingerprint density at radius 1 is 1.25 bits per heavy atom. The summed E-state index contributed by atoms with van der Waals surface area (Å²) in [6.07, 6.45) is -2.62. The molecule has 1 atom stereocenters. The molecule has 0 saturated carbocycles. The van der Waals surface area contributed by atoms with Crippen molar-refractivity contribution in [1.82, 2.24) is 30.5 Å². The minimum atomic E-state index is -5.08. The molecule has 3 amide bonds. The molecule has 1 fully saturated rings. The fourth-order valence-electron chi connectivity index (χ4n) is 3.91. The van der Waals surface area contributed by atoms with Crippen LogP contribution < -0.4 is 10.6 Å². The number of nitrogens with zero attached hydrogens (tertiary/aromatic N) is 4. The molecule has 3 N–H and O–H groups in total. The number of amides is 3. The van der Waals surface area contributed by atoms with Crippen molar-refractivity contribution in [1.29, 1.82) is 0 Å². The Kier molecular flexibility index (Phi) is 7.48. The van der Waals surface area contributed by atoms with Gasteiger partial charge in [-0.2, -0.15) is 13.2 Å². The van der Waals surface area contributed by atoms with Crippen molar-refractivity contribution < 1.29 is 37.5 Å². The number of fused-ring (bicyclic) bond motifs is 1. The number of carboxylic acids is 1. The molecule has 2 aromatic rings. The summed E-state index contributed by atoms with van der Waals surface area (Å²) < 4.78 is 33.4. The van der Waals surface area contributed by atoms with E-state index in [1.54, 1.807) is 10.7 Å². The van der Waals surface area contributed by atoms with Gasteiger partial charge in [0.05, 0.1) is 17.4 Å². The molecule has 4 rings (SSSR count). The zero-order valence-electron chi connectivity index (χ0n) is 19.7. The highest BCUT2D eigenvalue weighted by Gasteiger charge is 2.39. The van der Waals surface area contributed by atoms with Crippen LogP contribution in [-0.4, -0.2) is 67.5 Å². The third kappa shape index (κ3) is 5.70. The highest BCUT2D eigenvalue weighted by atomic mass is 19.4. The molecule has 3 heterocycles. The van der Waals surface area contributed by atoms with Crippen molar-refractivity contribution in [3.63, 3.8) is 0 Å². The fraction of sp³-hybridized carbons (Fsp3) is 0.455.